The van der Waals surface area contributed by atoms with Gasteiger partial charge in [-0.25, -0.2) is 4.39 Å². The van der Waals surface area contributed by atoms with E-state index in [4.69, 9.17) is 16.9 Å². The number of rotatable bonds is 4. The normalized spacial score (nSPS) is 25.1. The monoisotopic (exact) mass is 364 g/mol. The molecule has 2 heterocycles. The van der Waals surface area contributed by atoms with E-state index in [-0.39, 0.29) is 23.5 Å². The molecule has 2 aromatic heterocycles. The van der Waals surface area contributed by atoms with Gasteiger partial charge in [0.15, 0.2) is 0 Å². The first-order valence-electron chi connectivity index (χ1n) is 8.61. The number of fused-ring (bicyclic) bond motifs is 1. The lowest BCUT2D eigenvalue weighted by atomic mass is 9.78. The maximum absolute atomic E-state index is 14.8. The van der Waals surface area contributed by atoms with Crippen LogP contribution in [0.5, 0.6) is 0 Å². The van der Waals surface area contributed by atoms with Crippen LogP contribution in [0.1, 0.15) is 51.5 Å². The van der Waals surface area contributed by atoms with E-state index in [1.807, 2.05) is 0 Å². The van der Waals surface area contributed by atoms with Gasteiger partial charge >= 0.3 is 0 Å². The molecule has 134 valence electrons. The van der Waals surface area contributed by atoms with Crippen LogP contribution >= 0.6 is 11.6 Å². The molecule has 1 aliphatic rings. The van der Waals surface area contributed by atoms with E-state index in [0.717, 1.165) is 0 Å². The molecular weight excluding hydrogens is 343 g/mol. The quantitative estimate of drug-likeness (QED) is 0.830. The molecule has 0 spiro atoms. The van der Waals surface area contributed by atoms with Crippen molar-refractivity contribution in [1.29, 1.82) is 5.26 Å². The van der Waals surface area contributed by atoms with Crippen molar-refractivity contribution in [2.45, 2.75) is 58.2 Å². The number of nitriles is 1. The molecule has 25 heavy (non-hydrogen) atoms. The first kappa shape index (κ1) is 17.9. The lowest BCUT2D eigenvalue weighted by Crippen LogP contribution is -2.29. The smallest absolute Gasteiger partial charge is 0.255 e. The maximum atomic E-state index is 14.8. The summed E-state index contributed by atoms with van der Waals surface area (Å²) in [6.07, 6.45) is 1.73. The Labute approximate surface area is 151 Å². The highest BCUT2D eigenvalue weighted by Gasteiger charge is 2.36. The van der Waals surface area contributed by atoms with Crippen LogP contribution in [0.3, 0.4) is 0 Å². The minimum atomic E-state index is -1.13. The van der Waals surface area contributed by atoms with Crippen molar-refractivity contribution in [3.8, 4) is 6.07 Å². The van der Waals surface area contributed by atoms with Crippen LogP contribution < -0.4 is 5.32 Å². The third kappa shape index (κ3) is 3.40. The molecule has 1 aliphatic carbocycles. The Balaban J connectivity index is 2.07. The van der Waals surface area contributed by atoms with Crippen molar-refractivity contribution in [2.24, 2.45) is 11.8 Å². The Morgan fingerprint density at radius 2 is 2.16 bits per heavy atom. The van der Waals surface area contributed by atoms with Gasteiger partial charge in [0.25, 0.3) is 5.78 Å². The number of alkyl halides is 1. The highest BCUT2D eigenvalue weighted by molar-refractivity contribution is 6.30. The second kappa shape index (κ2) is 7.12. The molecule has 2 unspecified atom stereocenters. The highest BCUT2D eigenvalue weighted by atomic mass is 35.5. The zero-order chi connectivity index (χ0) is 18.1. The van der Waals surface area contributed by atoms with Crippen LogP contribution in [0.25, 0.3) is 5.78 Å². The Kier molecular flexibility index (Phi) is 5.09. The SMILES string of the molecule is CC(C)[C@@H](C)Nc1c(C2CCC(C#N)C[C@H]2F)c(Cl)nc2ncnn12. The van der Waals surface area contributed by atoms with E-state index in [0.29, 0.717) is 35.9 Å². The van der Waals surface area contributed by atoms with Crippen LogP contribution in [-0.2, 0) is 0 Å². The number of anilines is 1. The molecule has 6 nitrogen and oxygen atoms in total. The summed E-state index contributed by atoms with van der Waals surface area (Å²) < 4.78 is 16.4. The van der Waals surface area contributed by atoms with Gasteiger partial charge in [-0.3, -0.25) is 0 Å². The lowest BCUT2D eigenvalue weighted by molar-refractivity contribution is 0.191. The number of nitrogens with zero attached hydrogens (tertiary/aromatic N) is 5. The first-order valence-corrected chi connectivity index (χ1v) is 8.99. The standard InChI is InChI=1S/C17H22ClFN6/c1-9(2)10(3)23-16-14(12-5-4-11(7-20)6-13(12)19)15(18)24-17-21-8-22-25(16)17/h8-13,23H,4-6H2,1-3H3/t10-,11?,12?,13-/m1/s1. The van der Waals surface area contributed by atoms with E-state index >= 15 is 0 Å². The van der Waals surface area contributed by atoms with Crippen LogP contribution in [0.4, 0.5) is 10.2 Å². The van der Waals surface area contributed by atoms with Gasteiger partial charge in [-0.15, -0.1) is 0 Å². The molecule has 0 saturated heterocycles. The summed E-state index contributed by atoms with van der Waals surface area (Å²) in [5, 5.41) is 17.0. The molecule has 0 bridgehead atoms. The molecule has 0 aliphatic heterocycles. The van der Waals surface area contributed by atoms with Crippen molar-refractivity contribution in [2.75, 3.05) is 5.32 Å². The fourth-order valence-corrected chi connectivity index (χ4v) is 3.54. The van der Waals surface area contributed by atoms with Crippen molar-refractivity contribution in [3.05, 3.63) is 17.0 Å². The van der Waals surface area contributed by atoms with Gasteiger partial charge in [-0.1, -0.05) is 25.4 Å². The Morgan fingerprint density at radius 3 is 2.80 bits per heavy atom. The average Bonchev–Trinajstić information content (AvgIpc) is 3.03. The zero-order valence-electron chi connectivity index (χ0n) is 14.6. The van der Waals surface area contributed by atoms with E-state index in [9.17, 15) is 4.39 Å². The summed E-state index contributed by atoms with van der Waals surface area (Å²) >= 11 is 6.43. The topological polar surface area (TPSA) is 78.9 Å². The molecule has 4 atom stereocenters. The van der Waals surface area contributed by atoms with Gasteiger partial charge in [-0.2, -0.15) is 24.8 Å². The molecule has 2 aromatic rings. The fraction of sp³-hybridized carbons (Fsp3) is 0.647. The Morgan fingerprint density at radius 1 is 1.40 bits per heavy atom. The molecule has 8 heteroatoms. The number of halogens is 2. The summed E-state index contributed by atoms with van der Waals surface area (Å²) in [6.45, 7) is 6.27. The number of aromatic nitrogens is 4. The fourth-order valence-electron chi connectivity index (χ4n) is 3.24. The Bertz CT molecular complexity index is 798. The van der Waals surface area contributed by atoms with Crippen LogP contribution in [0.15, 0.2) is 6.33 Å². The third-order valence-corrected chi connectivity index (χ3v) is 5.40. The molecular formula is C17H22ClFN6. The van der Waals surface area contributed by atoms with Crippen molar-refractivity contribution >= 4 is 23.2 Å². The van der Waals surface area contributed by atoms with Crippen molar-refractivity contribution < 1.29 is 4.39 Å². The summed E-state index contributed by atoms with van der Waals surface area (Å²) in [6, 6.07) is 2.31. The second-order valence-corrected chi connectivity index (χ2v) is 7.43. The van der Waals surface area contributed by atoms with Crippen LogP contribution in [0, 0.1) is 23.2 Å². The van der Waals surface area contributed by atoms with Gasteiger partial charge in [0.05, 0.1) is 6.07 Å². The predicted octanol–water partition coefficient (Wildman–Crippen LogP) is 3.98. The van der Waals surface area contributed by atoms with Gasteiger partial charge in [0, 0.05) is 23.4 Å². The molecule has 1 fully saturated rings. The number of nitrogens with one attached hydrogen (secondary N) is 1. The predicted molar refractivity (Wildman–Crippen MR) is 94.3 cm³/mol. The highest BCUT2D eigenvalue weighted by Crippen LogP contribution is 2.43. The summed E-state index contributed by atoms with van der Waals surface area (Å²) in [4.78, 5) is 8.38. The van der Waals surface area contributed by atoms with E-state index in [1.54, 1.807) is 4.52 Å². The van der Waals surface area contributed by atoms with Crippen molar-refractivity contribution in [1.82, 2.24) is 19.6 Å². The second-order valence-electron chi connectivity index (χ2n) is 7.08. The van der Waals surface area contributed by atoms with Crippen LogP contribution in [0.2, 0.25) is 5.15 Å². The van der Waals surface area contributed by atoms with Gasteiger partial charge in [0.1, 0.15) is 23.5 Å². The zero-order valence-corrected chi connectivity index (χ0v) is 15.3. The van der Waals surface area contributed by atoms with Gasteiger partial charge in [0.2, 0.25) is 0 Å². The van der Waals surface area contributed by atoms with Crippen molar-refractivity contribution in [3.63, 3.8) is 0 Å². The van der Waals surface area contributed by atoms with Gasteiger partial charge in [-0.05, 0) is 32.1 Å². The molecule has 0 aromatic carbocycles. The molecule has 1 N–H and O–H groups in total. The summed E-state index contributed by atoms with van der Waals surface area (Å²) in [7, 11) is 0. The summed E-state index contributed by atoms with van der Waals surface area (Å²) in [5.74, 6) is 0.762. The lowest BCUT2D eigenvalue weighted by Gasteiger charge is -2.31. The van der Waals surface area contributed by atoms with E-state index in [1.165, 1.54) is 6.33 Å². The molecule has 0 radical (unpaired) electrons. The average molecular weight is 365 g/mol. The number of hydrogen-bond donors (Lipinski definition) is 1. The minimum Gasteiger partial charge on any atom is -0.367 e. The molecule has 0 amide bonds. The largest absolute Gasteiger partial charge is 0.367 e. The third-order valence-electron chi connectivity index (χ3n) is 5.11. The molecule has 1 saturated carbocycles. The number of hydrogen-bond acceptors (Lipinski definition) is 5. The first-order chi connectivity index (χ1) is 11.9. The summed E-state index contributed by atoms with van der Waals surface area (Å²) in [5.41, 5.74) is 0.635. The minimum absolute atomic E-state index is 0.137. The Hall–Kier alpha value is -1.94. The van der Waals surface area contributed by atoms with E-state index in [2.05, 4.69) is 47.2 Å². The van der Waals surface area contributed by atoms with Crippen LogP contribution in [-0.4, -0.2) is 31.8 Å². The van der Waals surface area contributed by atoms with E-state index < -0.39 is 12.1 Å². The van der Waals surface area contributed by atoms with Gasteiger partial charge < -0.3 is 5.32 Å². The maximum Gasteiger partial charge on any atom is 0.255 e. The molecule has 3 rings (SSSR count).